The monoisotopic (exact) mass is 230 g/mol. The Morgan fingerprint density at radius 1 is 1.50 bits per heavy atom. The maximum atomic E-state index is 11.3. The first-order valence-electron chi connectivity index (χ1n) is 4.08. The molecule has 0 aliphatic rings. The number of rotatable bonds is 2. The Balaban J connectivity index is 3.33. The van der Waals surface area contributed by atoms with Crippen molar-refractivity contribution in [2.45, 2.75) is 18.7 Å². The number of ketones is 1. The molecule has 1 aromatic carbocycles. The highest BCUT2D eigenvalue weighted by Crippen LogP contribution is 2.27. The molecule has 0 aromatic heterocycles. The molecule has 1 rings (SSSR count). The summed E-state index contributed by atoms with van der Waals surface area (Å²) in [6.45, 7) is 3.23. The van der Waals surface area contributed by atoms with E-state index in [2.05, 4.69) is 0 Å². The zero-order chi connectivity index (χ0) is 10.9. The van der Waals surface area contributed by atoms with E-state index in [1.165, 1.54) is 6.92 Å². The molecule has 0 spiro atoms. The largest absolute Gasteiger partial charge is 0.612 e. The highest BCUT2D eigenvalue weighted by Gasteiger charge is 2.16. The Morgan fingerprint density at radius 2 is 2.07 bits per heavy atom. The third-order valence-electron chi connectivity index (χ3n) is 2.03. The lowest BCUT2D eigenvalue weighted by Crippen LogP contribution is -2.03. The number of Topliss-reactive ketones (excluding diaryl/α,β-unsaturated/α-hetero) is 1. The Bertz CT molecular complexity index is 375. The van der Waals surface area contributed by atoms with Gasteiger partial charge in [0.1, 0.15) is 6.26 Å². The first-order valence-corrected chi connectivity index (χ1v) is 6.02. The molecule has 1 unspecified atom stereocenters. The van der Waals surface area contributed by atoms with E-state index in [1.807, 2.05) is 0 Å². The van der Waals surface area contributed by atoms with Gasteiger partial charge < -0.3 is 4.55 Å². The standard InChI is InChI=1S/C10H11ClO2S/c1-6-9(14(3)13)5-4-8(7(2)12)10(6)11/h4-5H,1-3H3. The molecule has 0 bridgehead atoms. The van der Waals surface area contributed by atoms with Crippen LogP contribution in [-0.4, -0.2) is 16.6 Å². The van der Waals surface area contributed by atoms with E-state index >= 15 is 0 Å². The minimum absolute atomic E-state index is 0.0773. The second kappa shape index (κ2) is 4.34. The van der Waals surface area contributed by atoms with Gasteiger partial charge in [-0.2, -0.15) is 0 Å². The fourth-order valence-electron chi connectivity index (χ4n) is 1.25. The minimum atomic E-state index is -1.07. The lowest BCUT2D eigenvalue weighted by atomic mass is 10.1. The zero-order valence-corrected chi connectivity index (χ0v) is 9.83. The molecular formula is C10H11ClO2S. The molecule has 0 radical (unpaired) electrons. The molecule has 2 nitrogen and oxygen atoms in total. The molecule has 14 heavy (non-hydrogen) atoms. The molecule has 0 N–H and O–H groups in total. The van der Waals surface area contributed by atoms with E-state index in [0.717, 1.165) is 5.56 Å². The molecule has 1 atom stereocenters. The molecular weight excluding hydrogens is 220 g/mol. The van der Waals surface area contributed by atoms with Gasteiger partial charge in [0, 0.05) is 11.1 Å². The van der Waals surface area contributed by atoms with Crippen molar-refractivity contribution in [2.75, 3.05) is 6.26 Å². The maximum absolute atomic E-state index is 11.3. The molecule has 76 valence electrons. The Kier molecular flexibility index (Phi) is 3.59. The zero-order valence-electron chi connectivity index (χ0n) is 8.26. The van der Waals surface area contributed by atoms with Gasteiger partial charge in [-0.25, -0.2) is 0 Å². The molecule has 0 amide bonds. The number of hydrogen-bond donors (Lipinski definition) is 0. The van der Waals surface area contributed by atoms with Gasteiger partial charge in [-0.15, -0.1) is 0 Å². The topological polar surface area (TPSA) is 40.1 Å². The fraction of sp³-hybridized carbons (Fsp3) is 0.300. The van der Waals surface area contributed by atoms with Crippen molar-refractivity contribution in [3.05, 3.63) is 28.3 Å². The average Bonchev–Trinajstić information content (AvgIpc) is 2.08. The van der Waals surface area contributed by atoms with Crippen molar-refractivity contribution in [2.24, 2.45) is 0 Å². The van der Waals surface area contributed by atoms with Crippen LogP contribution in [0, 0.1) is 6.92 Å². The van der Waals surface area contributed by atoms with Crippen LogP contribution in [0.5, 0.6) is 0 Å². The van der Waals surface area contributed by atoms with Crippen LogP contribution in [0.4, 0.5) is 0 Å². The molecule has 0 aliphatic carbocycles. The van der Waals surface area contributed by atoms with E-state index in [0.29, 0.717) is 15.5 Å². The second-order valence-corrected chi connectivity index (χ2v) is 4.79. The molecule has 0 saturated carbocycles. The van der Waals surface area contributed by atoms with Crippen molar-refractivity contribution >= 4 is 28.6 Å². The molecule has 0 fully saturated rings. The molecule has 0 saturated heterocycles. The van der Waals surface area contributed by atoms with Crippen molar-refractivity contribution in [3.8, 4) is 0 Å². The normalized spacial score (nSPS) is 12.6. The first-order chi connectivity index (χ1) is 6.45. The van der Waals surface area contributed by atoms with Crippen molar-refractivity contribution in [1.29, 1.82) is 0 Å². The van der Waals surface area contributed by atoms with Gasteiger partial charge in [0.25, 0.3) is 0 Å². The maximum Gasteiger partial charge on any atom is 0.161 e. The van der Waals surface area contributed by atoms with Crippen LogP contribution in [0.2, 0.25) is 5.02 Å². The summed E-state index contributed by atoms with van der Waals surface area (Å²) in [5.41, 5.74) is 1.21. The Hall–Kier alpha value is -0.510. The predicted molar refractivity (Wildman–Crippen MR) is 58.5 cm³/mol. The van der Waals surface area contributed by atoms with Crippen LogP contribution < -0.4 is 0 Å². The summed E-state index contributed by atoms with van der Waals surface area (Å²) in [5, 5.41) is 0.408. The second-order valence-electron chi connectivity index (χ2n) is 3.06. The van der Waals surface area contributed by atoms with Crippen LogP contribution in [0.3, 0.4) is 0 Å². The number of carbonyl (C=O) groups excluding carboxylic acids is 1. The van der Waals surface area contributed by atoms with Gasteiger partial charge in [-0.1, -0.05) is 11.6 Å². The molecule has 0 heterocycles. The van der Waals surface area contributed by atoms with E-state index in [1.54, 1.807) is 25.3 Å². The van der Waals surface area contributed by atoms with E-state index < -0.39 is 11.2 Å². The smallest absolute Gasteiger partial charge is 0.161 e. The van der Waals surface area contributed by atoms with Crippen molar-refractivity contribution in [1.82, 2.24) is 0 Å². The predicted octanol–water partition coefficient (Wildman–Crippen LogP) is 2.59. The van der Waals surface area contributed by atoms with Crippen LogP contribution in [0.1, 0.15) is 22.8 Å². The first kappa shape index (κ1) is 11.6. The summed E-state index contributed by atoms with van der Waals surface area (Å²) in [4.78, 5) is 11.8. The summed E-state index contributed by atoms with van der Waals surface area (Å²) < 4.78 is 11.3. The Labute approximate surface area is 91.5 Å². The number of benzene rings is 1. The van der Waals surface area contributed by atoms with Crippen LogP contribution in [0.25, 0.3) is 0 Å². The lowest BCUT2D eigenvalue weighted by Gasteiger charge is -2.10. The summed E-state index contributed by atoms with van der Waals surface area (Å²) in [5.74, 6) is -0.0773. The average molecular weight is 231 g/mol. The van der Waals surface area contributed by atoms with E-state index in [-0.39, 0.29) is 5.78 Å². The lowest BCUT2D eigenvalue weighted by molar-refractivity contribution is 0.101. The van der Waals surface area contributed by atoms with E-state index in [9.17, 15) is 9.35 Å². The van der Waals surface area contributed by atoms with Gasteiger partial charge in [0.05, 0.1) is 5.02 Å². The van der Waals surface area contributed by atoms with Gasteiger partial charge >= 0.3 is 0 Å². The quantitative estimate of drug-likeness (QED) is 0.579. The van der Waals surface area contributed by atoms with Crippen molar-refractivity contribution in [3.63, 3.8) is 0 Å². The Morgan fingerprint density at radius 3 is 2.50 bits per heavy atom. The van der Waals surface area contributed by atoms with Crippen LogP contribution >= 0.6 is 11.6 Å². The highest BCUT2D eigenvalue weighted by atomic mass is 35.5. The number of hydrogen-bond acceptors (Lipinski definition) is 2. The van der Waals surface area contributed by atoms with E-state index in [4.69, 9.17) is 11.6 Å². The van der Waals surface area contributed by atoms with Gasteiger partial charge in [-0.05, 0) is 37.2 Å². The van der Waals surface area contributed by atoms with Crippen molar-refractivity contribution < 1.29 is 9.35 Å². The summed E-state index contributed by atoms with van der Waals surface area (Å²) in [7, 11) is 0. The van der Waals surface area contributed by atoms with Gasteiger partial charge in [0.2, 0.25) is 0 Å². The molecule has 0 aliphatic heterocycles. The summed E-state index contributed by atoms with van der Waals surface area (Å²) in [6, 6.07) is 3.31. The third kappa shape index (κ3) is 2.11. The highest BCUT2D eigenvalue weighted by molar-refractivity contribution is 7.90. The fourth-order valence-corrected chi connectivity index (χ4v) is 2.40. The third-order valence-corrected chi connectivity index (χ3v) is 3.57. The van der Waals surface area contributed by atoms with Gasteiger partial charge in [-0.3, -0.25) is 4.79 Å². The SMILES string of the molecule is CC(=O)c1ccc([S+](C)[O-])c(C)c1Cl. The van der Waals surface area contributed by atoms with Crippen LogP contribution in [-0.2, 0) is 11.2 Å². The summed E-state index contributed by atoms with van der Waals surface area (Å²) >= 11 is 4.91. The number of halogens is 1. The minimum Gasteiger partial charge on any atom is -0.612 e. The van der Waals surface area contributed by atoms with Crippen LogP contribution in [0.15, 0.2) is 17.0 Å². The number of carbonyl (C=O) groups is 1. The van der Waals surface area contributed by atoms with Gasteiger partial charge in [0.15, 0.2) is 10.7 Å². The summed E-state index contributed by atoms with van der Waals surface area (Å²) in [6.07, 6.45) is 1.59. The molecule has 1 aromatic rings. The molecule has 4 heteroatoms.